The third-order valence-electron chi connectivity index (χ3n) is 3.89. The fourth-order valence-electron chi connectivity index (χ4n) is 2.54. The van der Waals surface area contributed by atoms with Crippen molar-refractivity contribution in [2.75, 3.05) is 45.8 Å². The molecule has 9 heteroatoms. The number of aromatic carboxylic acids is 1. The van der Waals surface area contributed by atoms with Gasteiger partial charge in [-0.3, -0.25) is 9.69 Å². The zero-order valence-corrected chi connectivity index (χ0v) is 11.6. The molecule has 21 heavy (non-hydrogen) atoms. The quantitative estimate of drug-likeness (QED) is 0.679. The van der Waals surface area contributed by atoms with Crippen molar-refractivity contribution in [1.82, 2.24) is 30.1 Å². The van der Waals surface area contributed by atoms with Gasteiger partial charge in [0.15, 0.2) is 5.69 Å². The SMILES string of the molecule is O=C(O)c1cn(C2CN(C(=O)CN3CCNCC3)C2)nn1. The maximum Gasteiger partial charge on any atom is 0.358 e. The number of nitrogens with one attached hydrogen (secondary N) is 1. The summed E-state index contributed by atoms with van der Waals surface area (Å²) in [5.74, 6) is -0.973. The molecule has 1 aromatic rings. The molecule has 1 aromatic heterocycles. The highest BCUT2D eigenvalue weighted by Gasteiger charge is 2.33. The Morgan fingerprint density at radius 1 is 1.33 bits per heavy atom. The molecule has 0 aromatic carbocycles. The van der Waals surface area contributed by atoms with E-state index in [2.05, 4.69) is 20.5 Å². The van der Waals surface area contributed by atoms with E-state index in [4.69, 9.17) is 5.11 Å². The van der Waals surface area contributed by atoms with Crippen molar-refractivity contribution >= 4 is 11.9 Å². The molecule has 0 atom stereocenters. The maximum absolute atomic E-state index is 12.1. The largest absolute Gasteiger partial charge is 0.476 e. The number of carboxylic acids is 1. The van der Waals surface area contributed by atoms with E-state index in [0.717, 1.165) is 26.2 Å². The second-order valence-electron chi connectivity index (χ2n) is 5.37. The highest BCUT2D eigenvalue weighted by atomic mass is 16.4. The highest BCUT2D eigenvalue weighted by molar-refractivity contribution is 5.84. The van der Waals surface area contributed by atoms with Crippen molar-refractivity contribution in [1.29, 1.82) is 0 Å². The highest BCUT2D eigenvalue weighted by Crippen LogP contribution is 2.20. The van der Waals surface area contributed by atoms with Crippen LogP contribution in [0.15, 0.2) is 6.20 Å². The van der Waals surface area contributed by atoms with Crippen LogP contribution in [0.3, 0.4) is 0 Å². The summed E-state index contributed by atoms with van der Waals surface area (Å²) in [6.07, 6.45) is 1.41. The molecule has 2 N–H and O–H groups in total. The van der Waals surface area contributed by atoms with E-state index >= 15 is 0 Å². The Labute approximate surface area is 121 Å². The molecule has 3 rings (SSSR count). The van der Waals surface area contributed by atoms with Gasteiger partial charge in [-0.05, 0) is 0 Å². The smallest absolute Gasteiger partial charge is 0.358 e. The molecule has 0 unspecified atom stereocenters. The van der Waals surface area contributed by atoms with Gasteiger partial charge in [0.2, 0.25) is 5.91 Å². The maximum atomic E-state index is 12.1. The van der Waals surface area contributed by atoms with Crippen LogP contribution in [0.2, 0.25) is 0 Å². The number of nitrogens with zero attached hydrogens (tertiary/aromatic N) is 5. The van der Waals surface area contributed by atoms with Gasteiger partial charge in [-0.1, -0.05) is 5.21 Å². The molecule has 1 amide bonds. The molecule has 0 radical (unpaired) electrons. The lowest BCUT2D eigenvalue weighted by Crippen LogP contribution is -2.55. The first-order chi connectivity index (χ1) is 10.1. The van der Waals surface area contributed by atoms with Crippen LogP contribution in [-0.4, -0.2) is 87.6 Å². The second kappa shape index (κ2) is 5.78. The Kier molecular flexibility index (Phi) is 3.84. The van der Waals surface area contributed by atoms with E-state index in [-0.39, 0.29) is 17.6 Å². The molecular weight excluding hydrogens is 276 g/mol. The third kappa shape index (κ3) is 3.03. The van der Waals surface area contributed by atoms with Crippen LogP contribution < -0.4 is 5.32 Å². The van der Waals surface area contributed by atoms with E-state index < -0.39 is 5.97 Å². The molecule has 9 nitrogen and oxygen atoms in total. The fourth-order valence-corrected chi connectivity index (χ4v) is 2.54. The monoisotopic (exact) mass is 294 g/mol. The van der Waals surface area contributed by atoms with Crippen LogP contribution in [0.25, 0.3) is 0 Å². The van der Waals surface area contributed by atoms with Crippen molar-refractivity contribution in [2.24, 2.45) is 0 Å². The minimum Gasteiger partial charge on any atom is -0.476 e. The molecule has 3 heterocycles. The first-order valence-corrected chi connectivity index (χ1v) is 6.99. The number of carbonyl (C=O) groups excluding carboxylic acids is 1. The van der Waals surface area contributed by atoms with Crippen LogP contribution in [-0.2, 0) is 4.79 Å². The van der Waals surface area contributed by atoms with E-state index in [9.17, 15) is 9.59 Å². The molecular formula is C12H18N6O3. The van der Waals surface area contributed by atoms with Gasteiger partial charge in [0.1, 0.15) is 0 Å². The fraction of sp³-hybridized carbons (Fsp3) is 0.667. The predicted molar refractivity (Wildman–Crippen MR) is 71.9 cm³/mol. The Balaban J connectivity index is 1.48. The summed E-state index contributed by atoms with van der Waals surface area (Å²) in [5.41, 5.74) is -0.0689. The average Bonchev–Trinajstić information content (AvgIpc) is 2.88. The van der Waals surface area contributed by atoms with E-state index in [1.807, 2.05) is 0 Å². The minimum atomic E-state index is -1.09. The summed E-state index contributed by atoms with van der Waals surface area (Å²) < 4.78 is 1.53. The Bertz CT molecular complexity index is 533. The number of carbonyl (C=O) groups is 2. The molecule has 2 aliphatic rings. The van der Waals surface area contributed by atoms with Gasteiger partial charge < -0.3 is 15.3 Å². The van der Waals surface area contributed by atoms with Crippen molar-refractivity contribution in [3.05, 3.63) is 11.9 Å². The summed E-state index contributed by atoms with van der Waals surface area (Å²) >= 11 is 0. The van der Waals surface area contributed by atoms with Crippen molar-refractivity contribution in [3.63, 3.8) is 0 Å². The molecule has 0 aliphatic carbocycles. The molecule has 0 saturated carbocycles. The molecule has 2 aliphatic heterocycles. The molecule has 114 valence electrons. The van der Waals surface area contributed by atoms with Gasteiger partial charge in [-0.25, -0.2) is 9.48 Å². The third-order valence-corrected chi connectivity index (χ3v) is 3.89. The zero-order valence-electron chi connectivity index (χ0n) is 11.6. The summed E-state index contributed by atoms with van der Waals surface area (Å²) in [4.78, 5) is 26.8. The van der Waals surface area contributed by atoms with Gasteiger partial charge in [-0.2, -0.15) is 0 Å². The van der Waals surface area contributed by atoms with Gasteiger partial charge in [-0.15, -0.1) is 5.10 Å². The number of hydrogen-bond donors (Lipinski definition) is 2. The molecule has 2 fully saturated rings. The number of piperazine rings is 1. The van der Waals surface area contributed by atoms with Crippen LogP contribution in [0, 0.1) is 0 Å². The van der Waals surface area contributed by atoms with E-state index in [0.29, 0.717) is 19.6 Å². The normalized spacial score (nSPS) is 20.3. The number of aromatic nitrogens is 3. The lowest BCUT2D eigenvalue weighted by Gasteiger charge is -2.40. The number of likely N-dealkylation sites (tertiary alicyclic amines) is 1. The van der Waals surface area contributed by atoms with Gasteiger partial charge >= 0.3 is 5.97 Å². The van der Waals surface area contributed by atoms with Crippen LogP contribution in [0.1, 0.15) is 16.5 Å². The van der Waals surface area contributed by atoms with Crippen molar-refractivity contribution in [3.8, 4) is 0 Å². The van der Waals surface area contributed by atoms with Crippen molar-refractivity contribution < 1.29 is 14.7 Å². The molecule has 0 bridgehead atoms. The minimum absolute atomic E-state index is 0.0255. The lowest BCUT2D eigenvalue weighted by atomic mass is 10.1. The summed E-state index contributed by atoms with van der Waals surface area (Å²) in [6, 6.07) is 0.0255. The Morgan fingerprint density at radius 2 is 2.05 bits per heavy atom. The van der Waals surface area contributed by atoms with Crippen molar-refractivity contribution in [2.45, 2.75) is 6.04 Å². The van der Waals surface area contributed by atoms with Gasteiger partial charge in [0.05, 0.1) is 18.8 Å². The number of rotatable bonds is 4. The topological polar surface area (TPSA) is 104 Å². The van der Waals surface area contributed by atoms with Crippen LogP contribution in [0.5, 0.6) is 0 Å². The second-order valence-corrected chi connectivity index (χ2v) is 5.37. The van der Waals surface area contributed by atoms with E-state index in [1.165, 1.54) is 10.9 Å². The zero-order chi connectivity index (χ0) is 14.8. The summed E-state index contributed by atoms with van der Waals surface area (Å²) in [7, 11) is 0. The van der Waals surface area contributed by atoms with Gasteiger partial charge in [0, 0.05) is 39.3 Å². The first kappa shape index (κ1) is 14.0. The van der Waals surface area contributed by atoms with E-state index in [1.54, 1.807) is 4.90 Å². The number of amides is 1. The Hall–Kier alpha value is -2.00. The van der Waals surface area contributed by atoms with Gasteiger partial charge in [0.25, 0.3) is 0 Å². The lowest BCUT2D eigenvalue weighted by molar-refractivity contribution is -0.138. The standard InChI is InChI=1S/C12H18N6O3/c19-11(8-16-3-1-13-2-4-16)17-5-9(6-17)18-7-10(12(20)21)14-15-18/h7,9,13H,1-6,8H2,(H,20,21). The average molecular weight is 294 g/mol. The first-order valence-electron chi connectivity index (χ1n) is 6.99. The summed E-state index contributed by atoms with van der Waals surface area (Å²) in [5, 5.41) is 19.4. The van der Waals surface area contributed by atoms with Crippen LogP contribution in [0.4, 0.5) is 0 Å². The summed E-state index contributed by atoms with van der Waals surface area (Å²) in [6.45, 7) is 5.22. The predicted octanol–water partition coefficient (Wildman–Crippen LogP) is -1.74. The van der Waals surface area contributed by atoms with Crippen LogP contribution >= 0.6 is 0 Å². The Morgan fingerprint density at radius 3 is 2.67 bits per heavy atom. The molecule has 2 saturated heterocycles. The number of carboxylic acid groups (broad SMARTS) is 1. The number of hydrogen-bond acceptors (Lipinski definition) is 6. The molecule has 0 spiro atoms.